The lowest BCUT2D eigenvalue weighted by molar-refractivity contribution is 0.944. The first-order chi connectivity index (χ1) is 10.1. The van der Waals surface area contributed by atoms with Crippen molar-refractivity contribution in [2.24, 2.45) is 0 Å². The molecular formula is C15H12Br2ClN3. The van der Waals surface area contributed by atoms with Crippen LogP contribution in [-0.4, -0.2) is 14.5 Å². The zero-order valence-electron chi connectivity index (χ0n) is 11.3. The van der Waals surface area contributed by atoms with Crippen LogP contribution in [0.1, 0.15) is 18.3 Å². The van der Waals surface area contributed by atoms with Crippen LogP contribution in [-0.2, 0) is 12.3 Å². The molecule has 0 aliphatic rings. The predicted molar refractivity (Wildman–Crippen MR) is 93.2 cm³/mol. The van der Waals surface area contributed by atoms with E-state index in [0.29, 0.717) is 5.88 Å². The number of halogens is 3. The van der Waals surface area contributed by atoms with Crippen LogP contribution in [0.25, 0.3) is 16.9 Å². The molecule has 0 N–H and O–H groups in total. The zero-order valence-corrected chi connectivity index (χ0v) is 15.2. The Balaban J connectivity index is 2.33. The number of pyridine rings is 1. The van der Waals surface area contributed by atoms with E-state index in [1.165, 1.54) is 5.56 Å². The van der Waals surface area contributed by atoms with Crippen LogP contribution in [0, 0.1) is 0 Å². The molecule has 108 valence electrons. The molecule has 0 aliphatic heterocycles. The Morgan fingerprint density at radius 2 is 2.00 bits per heavy atom. The van der Waals surface area contributed by atoms with Crippen molar-refractivity contribution in [3.05, 3.63) is 50.8 Å². The Hall–Kier alpha value is -0.910. The van der Waals surface area contributed by atoms with E-state index >= 15 is 0 Å². The van der Waals surface area contributed by atoms with Gasteiger partial charge < -0.3 is 0 Å². The number of aromatic nitrogens is 3. The van der Waals surface area contributed by atoms with E-state index < -0.39 is 0 Å². The van der Waals surface area contributed by atoms with Crippen LogP contribution in [0.3, 0.4) is 0 Å². The molecule has 3 nitrogen and oxygen atoms in total. The molecule has 0 amide bonds. The molecule has 2 heterocycles. The van der Waals surface area contributed by atoms with E-state index in [1.807, 2.05) is 16.7 Å². The first kappa shape index (κ1) is 15.0. The van der Waals surface area contributed by atoms with Gasteiger partial charge in [-0.3, -0.25) is 4.57 Å². The fourth-order valence-electron chi connectivity index (χ4n) is 2.39. The summed E-state index contributed by atoms with van der Waals surface area (Å²) in [5.41, 5.74) is 3.96. The van der Waals surface area contributed by atoms with Crippen LogP contribution < -0.4 is 0 Å². The van der Waals surface area contributed by atoms with Gasteiger partial charge in [-0.1, -0.05) is 22.9 Å². The van der Waals surface area contributed by atoms with Gasteiger partial charge in [0.15, 0.2) is 5.65 Å². The zero-order chi connectivity index (χ0) is 15.0. The van der Waals surface area contributed by atoms with E-state index in [1.54, 1.807) is 6.20 Å². The monoisotopic (exact) mass is 427 g/mol. The summed E-state index contributed by atoms with van der Waals surface area (Å²) in [6.07, 6.45) is 2.70. The van der Waals surface area contributed by atoms with Gasteiger partial charge in [0.1, 0.15) is 11.3 Å². The average Bonchev–Trinajstić information content (AvgIpc) is 2.84. The maximum Gasteiger partial charge on any atom is 0.164 e. The summed E-state index contributed by atoms with van der Waals surface area (Å²) >= 11 is 13.0. The highest BCUT2D eigenvalue weighted by Crippen LogP contribution is 2.27. The summed E-state index contributed by atoms with van der Waals surface area (Å²) in [6.45, 7) is 2.13. The van der Waals surface area contributed by atoms with Crippen LogP contribution in [0.15, 0.2) is 39.4 Å². The Bertz CT molecular complexity index is 814. The van der Waals surface area contributed by atoms with Crippen LogP contribution in [0.2, 0.25) is 0 Å². The fraction of sp³-hybridized carbons (Fsp3) is 0.200. The normalized spacial score (nSPS) is 11.2. The molecule has 3 rings (SSSR count). The number of alkyl halides is 1. The van der Waals surface area contributed by atoms with Crippen molar-refractivity contribution in [3.63, 3.8) is 0 Å². The van der Waals surface area contributed by atoms with Gasteiger partial charge in [-0.15, -0.1) is 11.6 Å². The molecule has 2 aromatic heterocycles. The molecule has 6 heteroatoms. The van der Waals surface area contributed by atoms with Gasteiger partial charge in [-0.25, -0.2) is 9.97 Å². The number of aryl methyl sites for hydroxylation is 1. The lowest BCUT2D eigenvalue weighted by Crippen LogP contribution is -2.03. The van der Waals surface area contributed by atoms with E-state index in [2.05, 4.69) is 60.9 Å². The van der Waals surface area contributed by atoms with Crippen molar-refractivity contribution in [2.75, 3.05) is 0 Å². The standard InChI is InChI=1S/C15H12Br2ClN3/c1-2-9-5-10(16)3-4-13(9)21-14(7-18)20-12-6-11(17)8-19-15(12)21/h3-6,8H,2,7H2,1H3. The van der Waals surface area contributed by atoms with Crippen molar-refractivity contribution < 1.29 is 0 Å². The summed E-state index contributed by atoms with van der Waals surface area (Å²) < 4.78 is 4.02. The van der Waals surface area contributed by atoms with Crippen molar-refractivity contribution in [1.82, 2.24) is 14.5 Å². The molecule has 0 radical (unpaired) electrons. The van der Waals surface area contributed by atoms with Crippen molar-refractivity contribution >= 4 is 54.6 Å². The van der Waals surface area contributed by atoms with Crippen molar-refractivity contribution in [3.8, 4) is 5.69 Å². The highest BCUT2D eigenvalue weighted by molar-refractivity contribution is 9.10. The number of fused-ring (bicyclic) bond motifs is 1. The number of hydrogen-bond acceptors (Lipinski definition) is 2. The van der Waals surface area contributed by atoms with Crippen LogP contribution >= 0.6 is 43.5 Å². The summed E-state index contributed by atoms with van der Waals surface area (Å²) in [7, 11) is 0. The smallest absolute Gasteiger partial charge is 0.164 e. The number of nitrogens with zero attached hydrogens (tertiary/aromatic N) is 3. The van der Waals surface area contributed by atoms with E-state index in [9.17, 15) is 0 Å². The molecule has 3 aromatic rings. The second kappa shape index (κ2) is 6.07. The quantitative estimate of drug-likeness (QED) is 0.533. The molecule has 1 aromatic carbocycles. The van der Waals surface area contributed by atoms with Gasteiger partial charge in [-0.2, -0.15) is 0 Å². The molecule has 0 unspecified atom stereocenters. The summed E-state index contributed by atoms with van der Waals surface area (Å²) in [5, 5.41) is 0. The average molecular weight is 430 g/mol. The molecule has 21 heavy (non-hydrogen) atoms. The minimum atomic E-state index is 0.340. The van der Waals surface area contributed by atoms with E-state index in [-0.39, 0.29) is 0 Å². The Morgan fingerprint density at radius 3 is 2.71 bits per heavy atom. The first-order valence-corrected chi connectivity index (χ1v) is 8.63. The van der Waals surface area contributed by atoms with Gasteiger partial charge >= 0.3 is 0 Å². The van der Waals surface area contributed by atoms with Gasteiger partial charge in [0.2, 0.25) is 0 Å². The Kier molecular flexibility index (Phi) is 4.33. The van der Waals surface area contributed by atoms with Crippen molar-refractivity contribution in [1.29, 1.82) is 0 Å². The van der Waals surface area contributed by atoms with Crippen LogP contribution in [0.4, 0.5) is 0 Å². The minimum Gasteiger partial charge on any atom is -0.279 e. The lowest BCUT2D eigenvalue weighted by Gasteiger charge is -2.12. The molecule has 0 saturated heterocycles. The summed E-state index contributed by atoms with van der Waals surface area (Å²) in [4.78, 5) is 9.10. The van der Waals surface area contributed by atoms with Gasteiger partial charge in [0, 0.05) is 15.1 Å². The fourth-order valence-corrected chi connectivity index (χ4v) is 3.29. The number of benzene rings is 1. The molecule has 0 saturated carbocycles. The molecule has 0 spiro atoms. The second-order valence-electron chi connectivity index (χ2n) is 4.62. The highest BCUT2D eigenvalue weighted by Gasteiger charge is 2.15. The number of imidazole rings is 1. The van der Waals surface area contributed by atoms with E-state index in [4.69, 9.17) is 11.6 Å². The highest BCUT2D eigenvalue weighted by atomic mass is 79.9. The first-order valence-electron chi connectivity index (χ1n) is 6.51. The molecule has 0 fully saturated rings. The predicted octanol–water partition coefficient (Wildman–Crippen LogP) is 5.25. The van der Waals surface area contributed by atoms with Gasteiger partial charge in [0.25, 0.3) is 0 Å². The maximum atomic E-state index is 6.09. The topological polar surface area (TPSA) is 30.7 Å². The number of hydrogen-bond donors (Lipinski definition) is 0. The number of rotatable bonds is 3. The minimum absolute atomic E-state index is 0.340. The molecule has 0 atom stereocenters. The third-order valence-electron chi connectivity index (χ3n) is 3.32. The van der Waals surface area contributed by atoms with E-state index in [0.717, 1.165) is 38.0 Å². The third kappa shape index (κ3) is 2.74. The SMILES string of the molecule is CCc1cc(Br)ccc1-n1c(CCl)nc2cc(Br)cnc21. The molecule has 0 bridgehead atoms. The third-order valence-corrected chi connectivity index (χ3v) is 4.48. The molecule has 0 aliphatic carbocycles. The molecular weight excluding hydrogens is 417 g/mol. The maximum absolute atomic E-state index is 6.09. The van der Waals surface area contributed by atoms with Crippen LogP contribution in [0.5, 0.6) is 0 Å². The second-order valence-corrected chi connectivity index (χ2v) is 6.72. The van der Waals surface area contributed by atoms with Crippen molar-refractivity contribution in [2.45, 2.75) is 19.2 Å². The largest absolute Gasteiger partial charge is 0.279 e. The Labute approximate surface area is 144 Å². The van der Waals surface area contributed by atoms with Gasteiger partial charge in [-0.05, 0) is 52.2 Å². The summed E-state index contributed by atoms with van der Waals surface area (Å²) in [5.74, 6) is 1.14. The Morgan fingerprint density at radius 1 is 1.19 bits per heavy atom. The lowest BCUT2D eigenvalue weighted by atomic mass is 10.1. The summed E-state index contributed by atoms with van der Waals surface area (Å²) in [6, 6.07) is 8.18. The van der Waals surface area contributed by atoms with Gasteiger partial charge in [0.05, 0.1) is 11.6 Å².